The van der Waals surface area contributed by atoms with Crippen molar-refractivity contribution in [2.24, 2.45) is 0 Å². The average Bonchev–Trinajstić information content (AvgIpc) is 2.28. The molecular formula is C11H13N3O2S. The Bertz CT molecular complexity index is 559. The van der Waals surface area contributed by atoms with Crippen molar-refractivity contribution in [1.29, 1.82) is 5.26 Å². The number of nitriles is 1. The summed E-state index contributed by atoms with van der Waals surface area (Å²) < 4.78 is 26.1. The fraction of sp³-hybridized carbons (Fsp3) is 0.182. The highest BCUT2D eigenvalue weighted by Gasteiger charge is 2.17. The van der Waals surface area contributed by atoms with Gasteiger partial charge in [0, 0.05) is 12.2 Å². The van der Waals surface area contributed by atoms with E-state index in [1.165, 1.54) is 18.2 Å². The van der Waals surface area contributed by atoms with Gasteiger partial charge in [0.25, 0.3) is 0 Å². The minimum atomic E-state index is -3.67. The average molecular weight is 251 g/mol. The van der Waals surface area contributed by atoms with Gasteiger partial charge in [-0.3, -0.25) is 0 Å². The Balaban J connectivity index is 3.07. The van der Waals surface area contributed by atoms with Gasteiger partial charge in [0.05, 0.1) is 10.5 Å². The van der Waals surface area contributed by atoms with Crippen LogP contribution in [0.25, 0.3) is 0 Å². The van der Waals surface area contributed by atoms with E-state index in [0.717, 1.165) is 0 Å². The second-order valence-corrected chi connectivity index (χ2v) is 5.08. The van der Waals surface area contributed by atoms with Crippen LogP contribution >= 0.6 is 0 Å². The predicted octanol–water partition coefficient (Wildman–Crippen LogP) is 0.995. The number of nitrogen functional groups attached to an aromatic ring is 1. The van der Waals surface area contributed by atoms with Crippen molar-refractivity contribution in [3.63, 3.8) is 0 Å². The van der Waals surface area contributed by atoms with Gasteiger partial charge in [-0.1, -0.05) is 6.08 Å². The first kappa shape index (κ1) is 13.2. The Hall–Kier alpha value is -1.84. The van der Waals surface area contributed by atoms with Crippen LogP contribution in [0.4, 0.5) is 5.69 Å². The molecule has 0 saturated carbocycles. The summed E-state index contributed by atoms with van der Waals surface area (Å²) in [5, 5.41) is 8.86. The number of hydrogen-bond donors (Lipinski definition) is 2. The van der Waals surface area contributed by atoms with Crippen LogP contribution in [0.5, 0.6) is 0 Å². The van der Waals surface area contributed by atoms with Gasteiger partial charge >= 0.3 is 0 Å². The van der Waals surface area contributed by atoms with Gasteiger partial charge in [0.1, 0.15) is 6.07 Å². The lowest BCUT2D eigenvalue weighted by atomic mass is 10.2. The molecule has 90 valence electrons. The van der Waals surface area contributed by atoms with Gasteiger partial charge in [-0.2, -0.15) is 5.26 Å². The maximum Gasteiger partial charge on any atom is 0.241 e. The lowest BCUT2D eigenvalue weighted by Crippen LogP contribution is -2.25. The van der Waals surface area contributed by atoms with Gasteiger partial charge in [0.15, 0.2) is 0 Å². The molecule has 0 spiro atoms. The summed E-state index contributed by atoms with van der Waals surface area (Å²) in [5.74, 6) is 0. The molecule has 0 atom stereocenters. The summed E-state index contributed by atoms with van der Waals surface area (Å²) in [7, 11) is -3.67. The molecule has 1 aromatic carbocycles. The molecule has 0 aliphatic heterocycles. The molecule has 1 aromatic rings. The summed E-state index contributed by atoms with van der Waals surface area (Å²) in [6.45, 7) is 3.75. The monoisotopic (exact) mass is 251 g/mol. The minimum Gasteiger partial charge on any atom is -0.399 e. The van der Waals surface area contributed by atoms with Crippen LogP contribution in [0.1, 0.15) is 12.0 Å². The maximum absolute atomic E-state index is 11.9. The second-order valence-electron chi connectivity index (χ2n) is 3.34. The predicted molar refractivity (Wildman–Crippen MR) is 65.6 cm³/mol. The van der Waals surface area contributed by atoms with Crippen molar-refractivity contribution in [3.05, 3.63) is 36.4 Å². The van der Waals surface area contributed by atoms with Gasteiger partial charge in [-0.25, -0.2) is 13.1 Å². The largest absolute Gasteiger partial charge is 0.399 e. The van der Waals surface area contributed by atoms with Crippen LogP contribution in [0.3, 0.4) is 0 Å². The highest BCUT2D eigenvalue weighted by Crippen LogP contribution is 2.17. The van der Waals surface area contributed by atoms with Crippen LogP contribution in [0.2, 0.25) is 0 Å². The number of nitrogens with one attached hydrogen (secondary N) is 1. The molecule has 3 N–H and O–H groups in total. The Morgan fingerprint density at radius 3 is 2.82 bits per heavy atom. The first-order chi connectivity index (χ1) is 8.01. The number of hydrogen-bond acceptors (Lipinski definition) is 4. The first-order valence-electron chi connectivity index (χ1n) is 4.91. The molecule has 1 rings (SSSR count). The smallest absolute Gasteiger partial charge is 0.241 e. The molecule has 0 aliphatic rings. The maximum atomic E-state index is 11.9. The molecule has 0 bridgehead atoms. The molecule has 0 aliphatic carbocycles. The van der Waals surface area contributed by atoms with Crippen molar-refractivity contribution >= 4 is 15.7 Å². The third-order valence-corrected chi connectivity index (χ3v) is 3.57. The molecule has 0 heterocycles. The van der Waals surface area contributed by atoms with E-state index in [4.69, 9.17) is 11.0 Å². The zero-order valence-corrected chi connectivity index (χ0v) is 10.00. The summed E-state index contributed by atoms with van der Waals surface area (Å²) in [6, 6.07) is 5.92. The molecular weight excluding hydrogens is 238 g/mol. The van der Waals surface area contributed by atoms with Crippen LogP contribution < -0.4 is 10.5 Å². The molecule has 0 saturated heterocycles. The topological polar surface area (TPSA) is 96.0 Å². The van der Waals surface area contributed by atoms with E-state index in [1.54, 1.807) is 6.08 Å². The number of rotatable bonds is 5. The van der Waals surface area contributed by atoms with Crippen LogP contribution in [-0.2, 0) is 10.0 Å². The fourth-order valence-corrected chi connectivity index (χ4v) is 2.43. The van der Waals surface area contributed by atoms with Gasteiger partial charge in [0.2, 0.25) is 10.0 Å². The van der Waals surface area contributed by atoms with Gasteiger partial charge < -0.3 is 5.73 Å². The standard InChI is InChI=1S/C11H13N3O2S/c1-2-3-6-14-17(15,16)11-5-4-10(13)7-9(11)8-12/h2,4-5,7,14H,1,3,6,13H2. The highest BCUT2D eigenvalue weighted by atomic mass is 32.2. The van der Waals surface area contributed by atoms with E-state index in [9.17, 15) is 8.42 Å². The number of sulfonamides is 1. The normalized spacial score (nSPS) is 10.8. The number of nitrogens with zero attached hydrogens (tertiary/aromatic N) is 1. The van der Waals surface area contributed by atoms with E-state index < -0.39 is 10.0 Å². The van der Waals surface area contributed by atoms with Gasteiger partial charge in [-0.05, 0) is 24.6 Å². The third-order valence-electron chi connectivity index (χ3n) is 2.05. The minimum absolute atomic E-state index is 0.0381. The Labute approximate surface area is 101 Å². The number of benzene rings is 1. The van der Waals surface area contributed by atoms with Gasteiger partial charge in [-0.15, -0.1) is 6.58 Å². The number of nitrogens with two attached hydrogens (primary N) is 1. The summed E-state index contributed by atoms with van der Waals surface area (Å²) in [6.07, 6.45) is 2.13. The molecule has 0 radical (unpaired) electrons. The Morgan fingerprint density at radius 1 is 1.53 bits per heavy atom. The van der Waals surface area contributed by atoms with E-state index in [1.807, 2.05) is 6.07 Å². The summed E-state index contributed by atoms with van der Waals surface area (Å²) in [5.41, 5.74) is 5.88. The van der Waals surface area contributed by atoms with E-state index in [-0.39, 0.29) is 17.0 Å². The molecule has 17 heavy (non-hydrogen) atoms. The molecule has 0 aromatic heterocycles. The van der Waals surface area contributed by atoms with E-state index >= 15 is 0 Å². The fourth-order valence-electron chi connectivity index (χ4n) is 1.24. The number of anilines is 1. The third kappa shape index (κ3) is 3.31. The Morgan fingerprint density at radius 2 is 2.24 bits per heavy atom. The van der Waals surface area contributed by atoms with Crippen molar-refractivity contribution in [3.8, 4) is 6.07 Å². The SMILES string of the molecule is C=CCCNS(=O)(=O)c1ccc(N)cc1C#N. The second kappa shape index (κ2) is 5.48. The summed E-state index contributed by atoms with van der Waals surface area (Å²) >= 11 is 0. The van der Waals surface area contributed by atoms with Crippen LogP contribution in [-0.4, -0.2) is 15.0 Å². The molecule has 0 fully saturated rings. The lowest BCUT2D eigenvalue weighted by Gasteiger charge is -2.07. The van der Waals surface area contributed by atoms with Crippen molar-refractivity contribution < 1.29 is 8.42 Å². The molecule has 5 nitrogen and oxygen atoms in total. The zero-order chi connectivity index (χ0) is 12.9. The zero-order valence-electron chi connectivity index (χ0n) is 9.18. The van der Waals surface area contributed by atoms with Crippen molar-refractivity contribution in [2.45, 2.75) is 11.3 Å². The Kier molecular flexibility index (Phi) is 4.26. The van der Waals surface area contributed by atoms with E-state index in [0.29, 0.717) is 12.1 Å². The highest BCUT2D eigenvalue weighted by molar-refractivity contribution is 7.89. The molecule has 0 unspecified atom stereocenters. The molecule has 6 heteroatoms. The summed E-state index contributed by atoms with van der Waals surface area (Å²) in [4.78, 5) is -0.0572. The van der Waals surface area contributed by atoms with Crippen molar-refractivity contribution in [1.82, 2.24) is 4.72 Å². The quantitative estimate of drug-likeness (QED) is 0.463. The van der Waals surface area contributed by atoms with Crippen molar-refractivity contribution in [2.75, 3.05) is 12.3 Å². The van der Waals surface area contributed by atoms with Crippen LogP contribution in [0.15, 0.2) is 35.7 Å². The lowest BCUT2D eigenvalue weighted by molar-refractivity contribution is 0.582. The molecule has 0 amide bonds. The van der Waals surface area contributed by atoms with Crippen LogP contribution in [0, 0.1) is 11.3 Å². The van der Waals surface area contributed by atoms with E-state index in [2.05, 4.69) is 11.3 Å². The first-order valence-corrected chi connectivity index (χ1v) is 6.40.